The van der Waals surface area contributed by atoms with Crippen LogP contribution in [0.1, 0.15) is 44.1 Å². The number of fused-ring (bicyclic) bond motifs is 7. The minimum atomic E-state index is -0.904. The molecule has 4 saturated heterocycles. The molecule has 0 saturated carbocycles. The first-order valence-electron chi connectivity index (χ1n) is 16.6. The summed E-state index contributed by atoms with van der Waals surface area (Å²) < 4.78 is 43.7. The predicted octanol–water partition coefficient (Wildman–Crippen LogP) is 5.30. The molecule has 4 aromatic rings. The van der Waals surface area contributed by atoms with E-state index in [9.17, 15) is 9.18 Å². The Bertz CT molecular complexity index is 1910. The second-order valence-corrected chi connectivity index (χ2v) is 14.1. The first-order valence-corrected chi connectivity index (χ1v) is 17.0. The molecular weight excluding hydrogens is 630 g/mol. The number of H-pyrrole nitrogens is 1. The number of amides is 1. The molecule has 1 N–H and O–H groups in total. The molecule has 1 aromatic carbocycles. The number of benzene rings is 1. The summed E-state index contributed by atoms with van der Waals surface area (Å²) in [6, 6.07) is 1.75. The molecule has 0 radical (unpaired) electrons. The lowest BCUT2D eigenvalue weighted by Crippen LogP contribution is -2.50. The summed E-state index contributed by atoms with van der Waals surface area (Å²) in [4.78, 5) is 33.7. The molecule has 6 bridgehead atoms. The number of carbonyl (C=O) groups is 1. The summed E-state index contributed by atoms with van der Waals surface area (Å²) in [7, 11) is 0. The van der Waals surface area contributed by atoms with Crippen molar-refractivity contribution >= 4 is 45.3 Å². The number of piperidine rings is 1. The second kappa shape index (κ2) is 11.1. The average molecular weight is 665 g/mol. The third-order valence-electron chi connectivity index (χ3n) is 11.1. The van der Waals surface area contributed by atoms with Crippen molar-refractivity contribution in [3.8, 4) is 17.3 Å². The lowest BCUT2D eigenvalue weighted by molar-refractivity contribution is 0.0915. The molecule has 11 nitrogen and oxygen atoms in total. The molecule has 0 spiro atoms. The van der Waals surface area contributed by atoms with Crippen molar-refractivity contribution in [1.82, 2.24) is 34.9 Å². The Balaban J connectivity index is 1.21. The molecule has 246 valence electrons. The van der Waals surface area contributed by atoms with Gasteiger partial charge in [0.25, 0.3) is 0 Å². The number of rotatable bonds is 3. The van der Waals surface area contributed by atoms with Gasteiger partial charge in [0.2, 0.25) is 0 Å². The Morgan fingerprint density at radius 1 is 1.13 bits per heavy atom. The zero-order valence-electron chi connectivity index (χ0n) is 25.9. The van der Waals surface area contributed by atoms with Crippen LogP contribution in [0, 0.1) is 11.7 Å². The highest BCUT2D eigenvalue weighted by atomic mass is 35.5. The smallest absolute Gasteiger partial charge is 0.410 e. The normalized spacial score (nSPS) is 27.6. The molecule has 47 heavy (non-hydrogen) atoms. The Labute approximate surface area is 274 Å². The number of nitrogens with zero attached hydrogens (tertiary/aromatic N) is 7. The van der Waals surface area contributed by atoms with Gasteiger partial charge in [0.1, 0.15) is 29.8 Å². The van der Waals surface area contributed by atoms with Crippen LogP contribution in [0.15, 0.2) is 18.5 Å². The summed E-state index contributed by atoms with van der Waals surface area (Å²) in [5.74, 6) is 0.238. The van der Waals surface area contributed by atoms with Gasteiger partial charge in [0, 0.05) is 54.8 Å². The molecule has 4 atom stereocenters. The SMILES string of the molecule is O=C1OCCCc2c(Cl)cc3[nH]ncc3c2-c2ncc3c(nc(OC[C@@]45CCCN4C[C@H](F)C5)nc3c2F)N2CCC3CCN1C3C2. The Morgan fingerprint density at radius 2 is 2.02 bits per heavy atom. The van der Waals surface area contributed by atoms with Crippen LogP contribution in [0.5, 0.6) is 6.01 Å². The number of hydrogen-bond donors (Lipinski definition) is 1. The summed E-state index contributed by atoms with van der Waals surface area (Å²) in [6.07, 6.45) is 6.93. The van der Waals surface area contributed by atoms with Crippen LogP contribution >= 0.6 is 11.6 Å². The fraction of sp³-hybridized carbons (Fsp3) is 0.545. The highest BCUT2D eigenvalue weighted by Gasteiger charge is 2.49. The van der Waals surface area contributed by atoms with Crippen molar-refractivity contribution in [3.05, 3.63) is 34.9 Å². The zero-order valence-corrected chi connectivity index (χ0v) is 26.6. The van der Waals surface area contributed by atoms with Gasteiger partial charge in [-0.1, -0.05) is 11.6 Å². The maximum absolute atomic E-state index is 17.1. The van der Waals surface area contributed by atoms with E-state index in [1.807, 2.05) is 4.90 Å². The topological polar surface area (TPSA) is 113 Å². The van der Waals surface area contributed by atoms with Gasteiger partial charge < -0.3 is 19.3 Å². The van der Waals surface area contributed by atoms with Crippen molar-refractivity contribution in [1.29, 1.82) is 0 Å². The summed E-state index contributed by atoms with van der Waals surface area (Å²) in [6.45, 7) is 3.47. The first kappa shape index (κ1) is 29.3. The second-order valence-electron chi connectivity index (χ2n) is 13.7. The van der Waals surface area contributed by atoms with E-state index in [1.165, 1.54) is 0 Å². The fourth-order valence-electron chi connectivity index (χ4n) is 8.82. The van der Waals surface area contributed by atoms with Gasteiger partial charge in [-0.25, -0.2) is 13.6 Å². The Morgan fingerprint density at radius 3 is 2.94 bits per heavy atom. The Kier molecular flexibility index (Phi) is 6.93. The monoisotopic (exact) mass is 664 g/mol. The molecule has 10 rings (SSSR count). The molecule has 2 unspecified atom stereocenters. The number of hydrogen-bond acceptors (Lipinski definition) is 9. The largest absolute Gasteiger partial charge is 0.461 e. The van der Waals surface area contributed by atoms with Gasteiger partial charge in [-0.05, 0) is 62.6 Å². The van der Waals surface area contributed by atoms with Crippen molar-refractivity contribution < 1.29 is 23.0 Å². The minimum absolute atomic E-state index is 0.0396. The van der Waals surface area contributed by atoms with E-state index in [2.05, 4.69) is 25.0 Å². The predicted molar refractivity (Wildman–Crippen MR) is 171 cm³/mol. The zero-order chi connectivity index (χ0) is 31.9. The number of carbonyl (C=O) groups excluding carboxylic acids is 1. The van der Waals surface area contributed by atoms with Gasteiger partial charge in [-0.2, -0.15) is 15.1 Å². The highest BCUT2D eigenvalue weighted by Crippen LogP contribution is 2.43. The lowest BCUT2D eigenvalue weighted by Gasteiger charge is -2.39. The van der Waals surface area contributed by atoms with E-state index in [1.54, 1.807) is 18.5 Å². The van der Waals surface area contributed by atoms with Crippen LogP contribution < -0.4 is 9.64 Å². The van der Waals surface area contributed by atoms with E-state index < -0.39 is 17.5 Å². The summed E-state index contributed by atoms with van der Waals surface area (Å²) in [5, 5.41) is 8.70. The standard InChI is InChI=1S/C33H35ClF2N8O3/c34-23-11-24-21(14-38-41-24)26-20(23)3-1-10-46-32(45)44-9-5-18-4-8-42(16-25(18)44)30-22-13-37-29(26)27(36)28(22)39-31(40-30)47-17-33-6-2-7-43(33)15-19(35)12-33/h11,13-14,18-19,25H,1-10,12,15-17H2,(H,38,41)/t18?,19-,25?,33+/m1/s1. The van der Waals surface area contributed by atoms with Crippen molar-refractivity contribution in [3.63, 3.8) is 0 Å². The maximum atomic E-state index is 17.1. The third kappa shape index (κ3) is 4.71. The fourth-order valence-corrected chi connectivity index (χ4v) is 9.11. The number of alkyl halides is 1. The van der Waals surface area contributed by atoms with E-state index in [0.717, 1.165) is 32.2 Å². The van der Waals surface area contributed by atoms with Crippen molar-refractivity contribution in [2.24, 2.45) is 5.92 Å². The maximum Gasteiger partial charge on any atom is 0.410 e. The van der Waals surface area contributed by atoms with Crippen LogP contribution in [0.4, 0.5) is 19.4 Å². The third-order valence-corrected chi connectivity index (χ3v) is 11.4. The van der Waals surface area contributed by atoms with Gasteiger partial charge in [0.05, 0.1) is 35.3 Å². The quantitative estimate of drug-likeness (QED) is 0.312. The summed E-state index contributed by atoms with van der Waals surface area (Å²) >= 11 is 6.81. The first-order chi connectivity index (χ1) is 22.9. The minimum Gasteiger partial charge on any atom is -0.461 e. The number of ether oxygens (including phenoxy) is 2. The van der Waals surface area contributed by atoms with E-state index in [0.29, 0.717) is 89.6 Å². The molecule has 4 fully saturated rings. The lowest BCUT2D eigenvalue weighted by atomic mass is 9.92. The molecule has 3 aromatic heterocycles. The number of anilines is 1. The molecule has 6 aliphatic heterocycles. The number of nitrogens with one attached hydrogen (secondary N) is 1. The molecule has 6 aliphatic rings. The average Bonchev–Trinajstić information content (AvgIpc) is 3.85. The van der Waals surface area contributed by atoms with Gasteiger partial charge in [0.15, 0.2) is 5.82 Å². The number of pyridine rings is 1. The number of aromatic amines is 1. The molecule has 0 aliphatic carbocycles. The van der Waals surface area contributed by atoms with Crippen LogP contribution in [0.3, 0.4) is 0 Å². The van der Waals surface area contributed by atoms with Crippen LogP contribution in [-0.4, -0.2) is 105 Å². The van der Waals surface area contributed by atoms with Gasteiger partial charge in [-0.3, -0.25) is 15.0 Å². The van der Waals surface area contributed by atoms with Crippen LogP contribution in [0.25, 0.3) is 33.1 Å². The van der Waals surface area contributed by atoms with Crippen LogP contribution in [-0.2, 0) is 11.2 Å². The molecule has 1 amide bonds. The number of halogens is 3. The van der Waals surface area contributed by atoms with E-state index in [4.69, 9.17) is 31.0 Å². The van der Waals surface area contributed by atoms with Crippen LogP contribution in [0.2, 0.25) is 5.02 Å². The van der Waals surface area contributed by atoms with Gasteiger partial charge >= 0.3 is 12.1 Å². The van der Waals surface area contributed by atoms with Crippen molar-refractivity contribution in [2.75, 3.05) is 50.8 Å². The Hall–Kier alpha value is -3.84. The summed E-state index contributed by atoms with van der Waals surface area (Å²) in [5.41, 5.74) is 1.61. The van der Waals surface area contributed by atoms with E-state index >= 15 is 4.39 Å². The van der Waals surface area contributed by atoms with E-state index in [-0.39, 0.29) is 42.6 Å². The molecular formula is C33H35ClF2N8O3. The molecule has 14 heteroatoms. The van der Waals surface area contributed by atoms with Gasteiger partial charge in [-0.15, -0.1) is 0 Å². The molecule has 9 heterocycles. The highest BCUT2D eigenvalue weighted by molar-refractivity contribution is 6.33. The number of aromatic nitrogens is 5. The van der Waals surface area contributed by atoms with Crippen molar-refractivity contribution in [2.45, 2.75) is 62.7 Å².